The van der Waals surface area contributed by atoms with Gasteiger partial charge in [-0.05, 0) is 52.8 Å². The Hall–Kier alpha value is -2.54. The lowest BCUT2D eigenvalue weighted by molar-refractivity contribution is 0.144. The molecule has 1 fully saturated rings. The van der Waals surface area contributed by atoms with Crippen LogP contribution in [0.5, 0.6) is 5.75 Å². The van der Waals surface area contributed by atoms with E-state index in [-0.39, 0.29) is 6.10 Å². The van der Waals surface area contributed by atoms with Gasteiger partial charge < -0.3 is 4.74 Å². The van der Waals surface area contributed by atoms with Crippen LogP contribution in [0.1, 0.15) is 43.2 Å². The lowest BCUT2D eigenvalue weighted by Gasteiger charge is -2.34. The molecule has 0 radical (unpaired) electrons. The van der Waals surface area contributed by atoms with E-state index in [0.29, 0.717) is 5.92 Å². The van der Waals surface area contributed by atoms with E-state index in [2.05, 4.69) is 72.8 Å². The van der Waals surface area contributed by atoms with Gasteiger partial charge in [0.25, 0.3) is 0 Å². The second-order valence-corrected chi connectivity index (χ2v) is 7.59. The van der Waals surface area contributed by atoms with Crippen LogP contribution < -0.4 is 4.74 Å². The first-order valence-electron chi connectivity index (χ1n) is 9.86. The maximum absolute atomic E-state index is 6.55. The van der Waals surface area contributed by atoms with Crippen molar-refractivity contribution in [3.05, 3.63) is 83.9 Å². The van der Waals surface area contributed by atoms with E-state index in [0.717, 1.165) is 5.75 Å². The lowest BCUT2D eigenvalue weighted by Crippen LogP contribution is -2.29. The molecule has 5 rings (SSSR count). The number of fused-ring (bicyclic) bond motifs is 3. The van der Waals surface area contributed by atoms with E-state index in [4.69, 9.17) is 4.74 Å². The van der Waals surface area contributed by atoms with Crippen molar-refractivity contribution in [2.45, 2.75) is 38.2 Å². The molecular weight excluding hydrogens is 316 g/mol. The van der Waals surface area contributed by atoms with E-state index in [1.807, 2.05) is 0 Å². The van der Waals surface area contributed by atoms with Gasteiger partial charge in [0.15, 0.2) is 0 Å². The summed E-state index contributed by atoms with van der Waals surface area (Å²) in [6.07, 6.45) is 9.21. The van der Waals surface area contributed by atoms with Crippen molar-refractivity contribution in [2.24, 2.45) is 5.92 Å². The first-order chi connectivity index (χ1) is 12.9. The highest BCUT2D eigenvalue weighted by atomic mass is 16.5. The predicted molar refractivity (Wildman–Crippen MR) is 108 cm³/mol. The van der Waals surface area contributed by atoms with E-state index in [1.54, 1.807) is 0 Å². The zero-order valence-electron chi connectivity index (χ0n) is 15.0. The standard InChI is InChI=1S/C25H24O/c1-3-9-18(10-4-1)22-17-24(20-12-5-2-6-13-20)26-23-16-15-19-11-7-8-14-21(19)25(22)23/h1,3-4,7-11,14-17,20,24H,2,5-6,12-13H2. The van der Waals surface area contributed by atoms with Gasteiger partial charge in [-0.3, -0.25) is 0 Å². The summed E-state index contributed by atoms with van der Waals surface area (Å²) in [5, 5.41) is 2.55. The third kappa shape index (κ3) is 2.72. The van der Waals surface area contributed by atoms with Gasteiger partial charge in [-0.15, -0.1) is 0 Å². The van der Waals surface area contributed by atoms with E-state index >= 15 is 0 Å². The van der Waals surface area contributed by atoms with Crippen molar-refractivity contribution in [1.82, 2.24) is 0 Å². The number of benzene rings is 3. The second-order valence-electron chi connectivity index (χ2n) is 7.59. The molecule has 0 bridgehead atoms. The molecule has 1 nitrogen and oxygen atoms in total. The number of hydrogen-bond acceptors (Lipinski definition) is 1. The average Bonchev–Trinajstić information content (AvgIpc) is 2.74. The summed E-state index contributed by atoms with van der Waals surface area (Å²) in [5.74, 6) is 1.68. The van der Waals surface area contributed by atoms with Gasteiger partial charge in [-0.2, -0.15) is 0 Å². The van der Waals surface area contributed by atoms with Crippen molar-refractivity contribution in [2.75, 3.05) is 0 Å². The molecular formula is C25H24O. The van der Waals surface area contributed by atoms with Crippen molar-refractivity contribution in [3.63, 3.8) is 0 Å². The molecule has 0 N–H and O–H groups in total. The molecule has 1 saturated carbocycles. The number of ether oxygens (including phenoxy) is 1. The number of rotatable bonds is 2. The first-order valence-corrected chi connectivity index (χ1v) is 9.86. The highest BCUT2D eigenvalue weighted by Crippen LogP contribution is 2.43. The van der Waals surface area contributed by atoms with Crippen LogP contribution in [0.2, 0.25) is 0 Å². The molecule has 1 atom stereocenters. The minimum atomic E-state index is 0.194. The predicted octanol–water partition coefficient (Wildman–Crippen LogP) is 6.61. The van der Waals surface area contributed by atoms with Crippen LogP contribution in [0.15, 0.2) is 72.8 Å². The molecule has 1 heterocycles. The molecule has 1 heteroatoms. The monoisotopic (exact) mass is 340 g/mol. The molecule has 3 aromatic rings. The van der Waals surface area contributed by atoms with Crippen molar-refractivity contribution in [3.8, 4) is 5.75 Å². The van der Waals surface area contributed by atoms with Gasteiger partial charge in [-0.25, -0.2) is 0 Å². The van der Waals surface area contributed by atoms with Crippen LogP contribution in [-0.4, -0.2) is 6.10 Å². The third-order valence-corrected chi connectivity index (χ3v) is 5.95. The van der Waals surface area contributed by atoms with Gasteiger partial charge >= 0.3 is 0 Å². The molecule has 1 unspecified atom stereocenters. The van der Waals surface area contributed by atoms with E-state index in [1.165, 1.54) is 59.6 Å². The third-order valence-electron chi connectivity index (χ3n) is 5.95. The Morgan fingerprint density at radius 3 is 2.35 bits per heavy atom. The summed E-state index contributed by atoms with van der Waals surface area (Å²) >= 11 is 0. The molecule has 0 aromatic heterocycles. The van der Waals surface area contributed by atoms with Crippen LogP contribution >= 0.6 is 0 Å². The van der Waals surface area contributed by atoms with Crippen LogP contribution in [0, 0.1) is 5.92 Å². The van der Waals surface area contributed by atoms with E-state index in [9.17, 15) is 0 Å². The maximum atomic E-state index is 6.55. The molecule has 1 aliphatic carbocycles. The zero-order chi connectivity index (χ0) is 17.3. The largest absolute Gasteiger partial charge is 0.485 e. The molecule has 2 aliphatic rings. The summed E-state index contributed by atoms with van der Waals surface area (Å²) < 4.78 is 6.55. The fourth-order valence-electron chi connectivity index (χ4n) is 4.61. The van der Waals surface area contributed by atoms with Crippen LogP contribution in [0.3, 0.4) is 0 Å². The normalized spacial score (nSPS) is 20.3. The fourth-order valence-corrected chi connectivity index (χ4v) is 4.61. The van der Waals surface area contributed by atoms with Crippen LogP contribution in [0.4, 0.5) is 0 Å². The first kappa shape index (κ1) is 15.7. The highest BCUT2D eigenvalue weighted by Gasteiger charge is 2.30. The van der Waals surface area contributed by atoms with Crippen molar-refractivity contribution >= 4 is 16.3 Å². The molecule has 0 saturated heterocycles. The Bertz CT molecular complexity index is 948. The molecule has 26 heavy (non-hydrogen) atoms. The van der Waals surface area contributed by atoms with Gasteiger partial charge in [0.1, 0.15) is 11.9 Å². The van der Waals surface area contributed by atoms with Gasteiger partial charge in [-0.1, -0.05) is 79.9 Å². The molecule has 1 aliphatic heterocycles. The van der Waals surface area contributed by atoms with Crippen molar-refractivity contribution < 1.29 is 4.74 Å². The smallest absolute Gasteiger partial charge is 0.128 e. The topological polar surface area (TPSA) is 9.23 Å². The SMILES string of the molecule is C1=C(c2ccccc2)c2c(ccc3ccccc23)OC1C1CCCCC1. The minimum absolute atomic E-state index is 0.194. The Kier molecular flexibility index (Phi) is 4.01. The van der Waals surface area contributed by atoms with Crippen LogP contribution in [0.25, 0.3) is 16.3 Å². The Morgan fingerprint density at radius 1 is 0.731 bits per heavy atom. The van der Waals surface area contributed by atoms with Gasteiger partial charge in [0.2, 0.25) is 0 Å². The summed E-state index contributed by atoms with van der Waals surface area (Å²) in [6, 6.07) is 23.8. The summed E-state index contributed by atoms with van der Waals surface area (Å²) in [7, 11) is 0. The lowest BCUT2D eigenvalue weighted by atomic mass is 9.81. The van der Waals surface area contributed by atoms with Gasteiger partial charge in [0.05, 0.1) is 0 Å². The molecule has 3 aromatic carbocycles. The summed E-state index contributed by atoms with van der Waals surface area (Å²) in [5.41, 5.74) is 3.87. The molecule has 0 amide bonds. The van der Waals surface area contributed by atoms with Crippen molar-refractivity contribution in [1.29, 1.82) is 0 Å². The maximum Gasteiger partial charge on any atom is 0.128 e. The molecule has 0 spiro atoms. The van der Waals surface area contributed by atoms with Gasteiger partial charge in [0, 0.05) is 5.56 Å². The Labute approximate surface area is 155 Å². The highest BCUT2D eigenvalue weighted by molar-refractivity contribution is 6.01. The summed E-state index contributed by atoms with van der Waals surface area (Å²) in [4.78, 5) is 0. The summed E-state index contributed by atoms with van der Waals surface area (Å²) in [6.45, 7) is 0. The van der Waals surface area contributed by atoms with Crippen LogP contribution in [-0.2, 0) is 0 Å². The van der Waals surface area contributed by atoms with E-state index < -0.39 is 0 Å². The zero-order valence-corrected chi connectivity index (χ0v) is 15.0. The second kappa shape index (κ2) is 6.64. The average molecular weight is 340 g/mol. The molecule has 130 valence electrons. The quantitative estimate of drug-likeness (QED) is 0.510. The minimum Gasteiger partial charge on any atom is -0.485 e. The Balaban J connectivity index is 1.69. The number of hydrogen-bond donors (Lipinski definition) is 0. The Morgan fingerprint density at radius 2 is 1.50 bits per heavy atom. The fraction of sp³-hybridized carbons (Fsp3) is 0.280.